The summed E-state index contributed by atoms with van der Waals surface area (Å²) < 4.78 is 1.63. The summed E-state index contributed by atoms with van der Waals surface area (Å²) in [4.78, 5) is 15.7. The lowest BCUT2D eigenvalue weighted by Crippen LogP contribution is -2.20. The normalized spacial score (nSPS) is 10.8. The Hall–Kier alpha value is -1.94. The Morgan fingerprint density at radius 2 is 2.06 bits per heavy atom. The van der Waals surface area contributed by atoms with Crippen molar-refractivity contribution >= 4 is 22.2 Å². The van der Waals surface area contributed by atoms with Gasteiger partial charge >= 0.3 is 5.69 Å². The van der Waals surface area contributed by atoms with Crippen LogP contribution < -0.4 is 5.69 Å². The molecule has 0 saturated heterocycles. The van der Waals surface area contributed by atoms with Gasteiger partial charge in [-0.05, 0) is 17.5 Å². The summed E-state index contributed by atoms with van der Waals surface area (Å²) in [5.74, 6) is 0. The highest BCUT2D eigenvalue weighted by Crippen LogP contribution is 2.16. The van der Waals surface area contributed by atoms with E-state index in [0.29, 0.717) is 0 Å². The summed E-state index contributed by atoms with van der Waals surface area (Å²) in [7, 11) is 0. The van der Waals surface area contributed by atoms with Gasteiger partial charge in [0.1, 0.15) is 0 Å². The zero-order chi connectivity index (χ0) is 11.0. The average Bonchev–Trinajstić information content (AvgIpc) is 2.82. The molecule has 0 aliphatic heterocycles. The number of aromatic nitrogens is 2. The maximum absolute atomic E-state index is 11.8. The van der Waals surface area contributed by atoms with Crippen molar-refractivity contribution in [3.63, 3.8) is 0 Å². The molecule has 16 heavy (non-hydrogen) atoms. The first-order valence-electron chi connectivity index (χ1n) is 4.85. The minimum Gasteiger partial charge on any atom is -0.260 e. The van der Waals surface area contributed by atoms with Crippen molar-refractivity contribution in [1.82, 2.24) is 9.55 Å². The van der Waals surface area contributed by atoms with Crippen molar-refractivity contribution in [1.29, 1.82) is 0 Å². The molecule has 0 aliphatic carbocycles. The second kappa shape index (κ2) is 3.57. The van der Waals surface area contributed by atoms with Crippen LogP contribution in [0.5, 0.6) is 0 Å². The molecule has 0 spiro atoms. The van der Waals surface area contributed by atoms with E-state index in [-0.39, 0.29) is 5.69 Å². The van der Waals surface area contributed by atoms with E-state index in [1.165, 1.54) is 0 Å². The predicted octanol–water partition coefficient (Wildman–Crippen LogP) is 2.45. The molecule has 0 bridgehead atoms. The molecule has 0 atom stereocenters. The molecule has 0 unspecified atom stereocenters. The highest BCUT2D eigenvalue weighted by atomic mass is 32.1. The highest BCUT2D eigenvalue weighted by molar-refractivity contribution is 7.08. The average molecular weight is 228 g/mol. The maximum atomic E-state index is 11.8. The number of para-hydroxylation sites is 1. The monoisotopic (exact) mass is 228 g/mol. The summed E-state index contributed by atoms with van der Waals surface area (Å²) in [6.45, 7) is 0. The summed E-state index contributed by atoms with van der Waals surface area (Å²) in [6.07, 6.45) is 1.61. The van der Waals surface area contributed by atoms with E-state index in [2.05, 4.69) is 4.98 Å². The molecule has 2 aromatic heterocycles. The van der Waals surface area contributed by atoms with Gasteiger partial charge < -0.3 is 0 Å². The van der Waals surface area contributed by atoms with Crippen LogP contribution >= 0.6 is 11.3 Å². The third-order valence-corrected chi connectivity index (χ3v) is 3.12. The van der Waals surface area contributed by atoms with Gasteiger partial charge in [0.25, 0.3) is 0 Å². The number of benzene rings is 1. The van der Waals surface area contributed by atoms with E-state index in [1.54, 1.807) is 22.1 Å². The maximum Gasteiger partial charge on any atom is 0.352 e. The van der Waals surface area contributed by atoms with Gasteiger partial charge in [-0.3, -0.25) is 4.57 Å². The Morgan fingerprint density at radius 1 is 1.19 bits per heavy atom. The Kier molecular flexibility index (Phi) is 2.08. The molecule has 1 aromatic carbocycles. The summed E-state index contributed by atoms with van der Waals surface area (Å²) in [5, 5.41) is 4.85. The molecule has 2 heterocycles. The van der Waals surface area contributed by atoms with E-state index in [0.717, 1.165) is 16.6 Å². The molecular formula is C12H8N2OS. The van der Waals surface area contributed by atoms with Crippen LogP contribution in [0.25, 0.3) is 16.6 Å². The van der Waals surface area contributed by atoms with Gasteiger partial charge in [-0.25, -0.2) is 9.78 Å². The minimum atomic E-state index is -0.239. The highest BCUT2D eigenvalue weighted by Gasteiger charge is 2.05. The van der Waals surface area contributed by atoms with Crippen LogP contribution in [0.1, 0.15) is 0 Å². The van der Waals surface area contributed by atoms with E-state index in [9.17, 15) is 4.79 Å². The zero-order valence-corrected chi connectivity index (χ0v) is 9.15. The van der Waals surface area contributed by atoms with Gasteiger partial charge in [0.2, 0.25) is 0 Å². The van der Waals surface area contributed by atoms with Gasteiger partial charge in [0.15, 0.2) is 0 Å². The molecule has 0 fully saturated rings. The number of thiophene rings is 1. The fourth-order valence-corrected chi connectivity index (χ4v) is 2.34. The Morgan fingerprint density at radius 3 is 2.88 bits per heavy atom. The van der Waals surface area contributed by atoms with Gasteiger partial charge in [0, 0.05) is 17.0 Å². The number of nitrogens with zero attached hydrogens (tertiary/aromatic N) is 2. The fraction of sp³-hybridized carbons (Fsp3) is 0. The van der Waals surface area contributed by atoms with Crippen LogP contribution in [-0.4, -0.2) is 9.55 Å². The molecule has 0 N–H and O–H groups in total. The first-order valence-corrected chi connectivity index (χ1v) is 5.80. The quantitative estimate of drug-likeness (QED) is 0.641. The largest absolute Gasteiger partial charge is 0.352 e. The molecule has 0 amide bonds. The Labute approximate surface area is 95.6 Å². The molecule has 3 nitrogen and oxygen atoms in total. The zero-order valence-electron chi connectivity index (χ0n) is 8.33. The number of fused-ring (bicyclic) bond motifs is 1. The van der Waals surface area contributed by atoms with Crippen molar-refractivity contribution in [2.45, 2.75) is 0 Å². The van der Waals surface area contributed by atoms with Crippen LogP contribution in [0.2, 0.25) is 0 Å². The third-order valence-electron chi connectivity index (χ3n) is 2.45. The van der Waals surface area contributed by atoms with E-state index in [1.807, 2.05) is 41.1 Å². The van der Waals surface area contributed by atoms with Crippen LogP contribution in [0.15, 0.2) is 52.1 Å². The second-order valence-electron chi connectivity index (χ2n) is 3.42. The number of hydrogen-bond donors (Lipinski definition) is 0. The molecule has 3 rings (SSSR count). The lowest BCUT2D eigenvalue weighted by molar-refractivity contribution is 0.964. The van der Waals surface area contributed by atoms with Gasteiger partial charge in [-0.15, -0.1) is 0 Å². The molecule has 0 radical (unpaired) electrons. The number of hydrogen-bond acceptors (Lipinski definition) is 3. The standard InChI is InChI=1S/C12H8N2OS/c15-12-13-7-9-3-1-2-4-11(9)14(12)10-5-6-16-8-10/h1-8H. The summed E-state index contributed by atoms with van der Waals surface area (Å²) >= 11 is 1.56. The van der Waals surface area contributed by atoms with Gasteiger partial charge in [-0.1, -0.05) is 18.2 Å². The van der Waals surface area contributed by atoms with Crippen LogP contribution in [-0.2, 0) is 0 Å². The Bertz CT molecular complexity index is 686. The van der Waals surface area contributed by atoms with E-state index in [4.69, 9.17) is 0 Å². The fourth-order valence-electron chi connectivity index (χ4n) is 1.72. The molecule has 4 heteroatoms. The topological polar surface area (TPSA) is 34.9 Å². The van der Waals surface area contributed by atoms with Gasteiger partial charge in [-0.2, -0.15) is 11.3 Å². The summed E-state index contributed by atoms with van der Waals surface area (Å²) in [6, 6.07) is 9.65. The first-order chi connectivity index (χ1) is 7.86. The van der Waals surface area contributed by atoms with Gasteiger partial charge in [0.05, 0.1) is 11.2 Å². The van der Waals surface area contributed by atoms with Crippen molar-refractivity contribution in [2.75, 3.05) is 0 Å². The molecule has 0 aliphatic rings. The number of rotatable bonds is 1. The van der Waals surface area contributed by atoms with Crippen molar-refractivity contribution < 1.29 is 0 Å². The van der Waals surface area contributed by atoms with Crippen LogP contribution in [0.4, 0.5) is 0 Å². The Balaban J connectivity index is 2.47. The SMILES string of the molecule is O=c1ncc2ccccc2n1-c1ccsc1. The molecule has 78 valence electrons. The van der Waals surface area contributed by atoms with Crippen molar-refractivity contribution in [3.05, 3.63) is 57.8 Å². The first kappa shape index (κ1) is 9.30. The third kappa shape index (κ3) is 1.35. The van der Waals surface area contributed by atoms with Crippen molar-refractivity contribution in [2.24, 2.45) is 0 Å². The lowest BCUT2D eigenvalue weighted by Gasteiger charge is -2.06. The van der Waals surface area contributed by atoms with E-state index >= 15 is 0 Å². The van der Waals surface area contributed by atoms with Crippen molar-refractivity contribution in [3.8, 4) is 5.69 Å². The predicted molar refractivity (Wildman–Crippen MR) is 65.2 cm³/mol. The molecular weight excluding hydrogens is 220 g/mol. The molecule has 3 aromatic rings. The smallest absolute Gasteiger partial charge is 0.260 e. The molecule has 0 saturated carbocycles. The van der Waals surface area contributed by atoms with E-state index < -0.39 is 0 Å². The van der Waals surface area contributed by atoms with Crippen LogP contribution in [0, 0.1) is 0 Å². The lowest BCUT2D eigenvalue weighted by atomic mass is 10.2. The summed E-state index contributed by atoms with van der Waals surface area (Å²) in [5.41, 5.74) is 1.53. The van der Waals surface area contributed by atoms with Crippen LogP contribution in [0.3, 0.4) is 0 Å². The second-order valence-corrected chi connectivity index (χ2v) is 4.20. The minimum absolute atomic E-state index is 0.239.